The summed E-state index contributed by atoms with van der Waals surface area (Å²) in [6, 6.07) is 11.4. The number of tetrazole rings is 1. The number of carbonyl (C=O) groups excluding carboxylic acids is 1. The molecule has 0 unspecified atom stereocenters. The first-order valence-corrected chi connectivity index (χ1v) is 13.9. The van der Waals surface area contributed by atoms with Crippen LogP contribution in [0.3, 0.4) is 0 Å². The van der Waals surface area contributed by atoms with E-state index in [9.17, 15) is 9.59 Å². The number of carbonyl (C=O) groups is 1. The van der Waals surface area contributed by atoms with Crippen LogP contribution in [0.15, 0.2) is 59.8 Å². The van der Waals surface area contributed by atoms with Gasteiger partial charge in [0.2, 0.25) is 5.95 Å². The molecular formula is C29H27ClFN9O3. The summed E-state index contributed by atoms with van der Waals surface area (Å²) in [7, 11) is 0. The molecule has 1 aliphatic heterocycles. The second kappa shape index (κ2) is 10.7. The molecule has 14 heteroatoms. The fourth-order valence-corrected chi connectivity index (χ4v) is 5.47. The first-order valence-electron chi connectivity index (χ1n) is 13.5. The lowest BCUT2D eigenvalue weighted by Gasteiger charge is -2.19. The fraction of sp³-hybridized carbons (Fsp3) is 0.276. The summed E-state index contributed by atoms with van der Waals surface area (Å²) in [6.45, 7) is 7.21. The van der Waals surface area contributed by atoms with E-state index in [1.165, 1.54) is 29.3 Å². The van der Waals surface area contributed by atoms with E-state index in [2.05, 4.69) is 35.8 Å². The van der Waals surface area contributed by atoms with Gasteiger partial charge in [0.05, 0.1) is 29.2 Å². The Hall–Kier alpha value is -4.91. The highest BCUT2D eigenvalue weighted by molar-refractivity contribution is 6.31. The number of pyridine rings is 2. The standard InChI is InChI=1S/C29H27ClFN9O3/c1-15-9-18-10-16(20-12-17(30)5-7-22(20)39-14-33-37-38-39)11-24(41)40(18)25(15)27-32-13-21(34-27)19-6-8-23(35-26(19)31)36-28(42)43-29(2,3)4/h5-8,10-15,25H,9H2,1-4H3,(H,32,34)(H,35,36,42)/t15-,25-/m0/s1. The third kappa shape index (κ3) is 5.63. The molecule has 1 amide bonds. The van der Waals surface area contributed by atoms with Crippen molar-refractivity contribution in [1.29, 1.82) is 0 Å². The summed E-state index contributed by atoms with van der Waals surface area (Å²) < 4.78 is 23.4. The highest BCUT2D eigenvalue weighted by Gasteiger charge is 2.34. The number of nitrogens with zero attached hydrogens (tertiary/aromatic N) is 7. The van der Waals surface area contributed by atoms with E-state index in [-0.39, 0.29) is 22.9 Å². The van der Waals surface area contributed by atoms with Crippen LogP contribution >= 0.6 is 11.6 Å². The Morgan fingerprint density at radius 1 is 1.16 bits per heavy atom. The van der Waals surface area contributed by atoms with Gasteiger partial charge in [-0.05, 0) is 85.5 Å². The molecule has 0 saturated heterocycles. The molecule has 5 aromatic rings. The lowest BCUT2D eigenvalue weighted by Crippen LogP contribution is -2.27. The van der Waals surface area contributed by atoms with Gasteiger partial charge < -0.3 is 14.3 Å². The maximum atomic E-state index is 15.0. The van der Waals surface area contributed by atoms with Gasteiger partial charge in [-0.25, -0.2) is 14.8 Å². The molecule has 43 heavy (non-hydrogen) atoms. The molecule has 2 atom stereocenters. The lowest BCUT2D eigenvalue weighted by molar-refractivity contribution is 0.0635. The number of H-pyrrole nitrogens is 1. The summed E-state index contributed by atoms with van der Waals surface area (Å²) in [5.41, 5.74) is 2.54. The van der Waals surface area contributed by atoms with Crippen molar-refractivity contribution in [2.45, 2.75) is 45.8 Å². The third-order valence-corrected chi connectivity index (χ3v) is 7.24. The summed E-state index contributed by atoms with van der Waals surface area (Å²) in [6.07, 6.45) is 2.86. The zero-order valence-corrected chi connectivity index (χ0v) is 24.4. The van der Waals surface area contributed by atoms with Crippen LogP contribution in [0.2, 0.25) is 5.02 Å². The van der Waals surface area contributed by atoms with Crippen LogP contribution in [0.4, 0.5) is 15.0 Å². The molecule has 0 radical (unpaired) electrons. The number of rotatable bonds is 5. The maximum Gasteiger partial charge on any atom is 0.413 e. The zero-order chi connectivity index (χ0) is 30.5. The van der Waals surface area contributed by atoms with Crippen LogP contribution in [0.25, 0.3) is 28.1 Å². The smallest absolute Gasteiger partial charge is 0.413 e. The minimum Gasteiger partial charge on any atom is -0.444 e. The number of anilines is 1. The second-order valence-corrected chi connectivity index (χ2v) is 11.8. The van der Waals surface area contributed by atoms with Crippen molar-refractivity contribution in [2.24, 2.45) is 5.92 Å². The van der Waals surface area contributed by atoms with Crippen molar-refractivity contribution in [3.8, 4) is 28.1 Å². The summed E-state index contributed by atoms with van der Waals surface area (Å²) in [5.74, 6) is -0.253. The van der Waals surface area contributed by atoms with Gasteiger partial charge >= 0.3 is 6.09 Å². The minimum absolute atomic E-state index is 0.0129. The van der Waals surface area contributed by atoms with E-state index in [1.807, 2.05) is 13.0 Å². The highest BCUT2D eigenvalue weighted by Crippen LogP contribution is 2.37. The number of hydrogen-bond donors (Lipinski definition) is 2. The topological polar surface area (TPSA) is 146 Å². The Morgan fingerprint density at radius 3 is 2.70 bits per heavy atom. The summed E-state index contributed by atoms with van der Waals surface area (Å²) in [5, 5.41) is 14.4. The predicted molar refractivity (Wildman–Crippen MR) is 157 cm³/mol. The van der Waals surface area contributed by atoms with Crippen molar-refractivity contribution in [3.05, 3.63) is 87.8 Å². The quantitative estimate of drug-likeness (QED) is 0.261. The number of aromatic nitrogens is 8. The van der Waals surface area contributed by atoms with Crippen LogP contribution in [-0.2, 0) is 11.2 Å². The van der Waals surface area contributed by atoms with E-state index in [0.717, 1.165) is 5.69 Å². The number of aromatic amines is 1. The maximum absolute atomic E-state index is 15.0. The molecule has 0 spiro atoms. The Labute approximate surface area is 249 Å². The van der Waals surface area contributed by atoms with E-state index in [0.29, 0.717) is 39.8 Å². The number of fused-ring (bicyclic) bond motifs is 1. The summed E-state index contributed by atoms with van der Waals surface area (Å²) >= 11 is 6.32. The minimum atomic E-state index is -0.801. The molecule has 4 aromatic heterocycles. The molecule has 1 aliphatic rings. The molecule has 12 nitrogen and oxygen atoms in total. The number of halogens is 2. The van der Waals surface area contributed by atoms with E-state index in [4.69, 9.17) is 16.3 Å². The average molecular weight is 604 g/mol. The van der Waals surface area contributed by atoms with Crippen LogP contribution in [-0.4, -0.2) is 51.4 Å². The molecule has 0 saturated carbocycles. The molecule has 5 heterocycles. The average Bonchev–Trinajstić information content (AvgIpc) is 3.68. The van der Waals surface area contributed by atoms with Gasteiger partial charge in [-0.15, -0.1) is 5.10 Å². The molecule has 1 aromatic carbocycles. The van der Waals surface area contributed by atoms with E-state index in [1.54, 1.807) is 49.6 Å². The molecule has 0 aliphatic carbocycles. The van der Waals surface area contributed by atoms with Gasteiger partial charge in [0.25, 0.3) is 5.56 Å². The van der Waals surface area contributed by atoms with Crippen LogP contribution < -0.4 is 10.9 Å². The van der Waals surface area contributed by atoms with Crippen LogP contribution in [0.1, 0.15) is 45.3 Å². The van der Waals surface area contributed by atoms with Crippen molar-refractivity contribution in [3.63, 3.8) is 0 Å². The van der Waals surface area contributed by atoms with Crippen LogP contribution in [0, 0.1) is 11.9 Å². The fourth-order valence-electron chi connectivity index (χ4n) is 5.30. The molecule has 0 bridgehead atoms. The molecule has 220 valence electrons. The van der Waals surface area contributed by atoms with Gasteiger partial charge in [0.15, 0.2) is 0 Å². The Balaban J connectivity index is 1.29. The lowest BCUT2D eigenvalue weighted by atomic mass is 10.0. The molecule has 0 fully saturated rings. The zero-order valence-electron chi connectivity index (χ0n) is 23.7. The van der Waals surface area contributed by atoms with Crippen molar-refractivity contribution in [2.75, 3.05) is 5.32 Å². The Morgan fingerprint density at radius 2 is 1.98 bits per heavy atom. The monoisotopic (exact) mass is 603 g/mol. The number of hydrogen-bond acceptors (Lipinski definition) is 8. The number of benzene rings is 1. The van der Waals surface area contributed by atoms with Gasteiger partial charge in [-0.3, -0.25) is 10.1 Å². The van der Waals surface area contributed by atoms with Crippen molar-refractivity contribution in [1.82, 2.24) is 39.7 Å². The predicted octanol–water partition coefficient (Wildman–Crippen LogP) is 5.20. The second-order valence-electron chi connectivity index (χ2n) is 11.3. The number of ether oxygens (including phenoxy) is 1. The molecular weight excluding hydrogens is 577 g/mol. The first-order chi connectivity index (χ1) is 20.5. The molecule has 6 rings (SSSR count). The third-order valence-electron chi connectivity index (χ3n) is 7.01. The van der Waals surface area contributed by atoms with E-state index < -0.39 is 23.7 Å². The van der Waals surface area contributed by atoms with Crippen LogP contribution in [0.5, 0.6) is 0 Å². The Kier molecular flexibility index (Phi) is 7.04. The highest BCUT2D eigenvalue weighted by atomic mass is 35.5. The Bertz CT molecular complexity index is 1900. The summed E-state index contributed by atoms with van der Waals surface area (Å²) in [4.78, 5) is 37.2. The van der Waals surface area contributed by atoms with E-state index >= 15 is 4.39 Å². The number of imidazole rings is 1. The largest absolute Gasteiger partial charge is 0.444 e. The van der Waals surface area contributed by atoms with Gasteiger partial charge in [-0.2, -0.15) is 9.07 Å². The number of amides is 1. The van der Waals surface area contributed by atoms with Gasteiger partial charge in [-0.1, -0.05) is 18.5 Å². The number of nitrogens with one attached hydrogen (secondary N) is 2. The van der Waals surface area contributed by atoms with Gasteiger partial charge in [0, 0.05) is 22.3 Å². The normalized spacial score (nSPS) is 16.2. The van der Waals surface area contributed by atoms with Crippen molar-refractivity contribution < 1.29 is 13.9 Å². The van der Waals surface area contributed by atoms with Gasteiger partial charge in [0.1, 0.15) is 23.6 Å². The first kappa shape index (κ1) is 28.2. The SMILES string of the molecule is C[C@H]1Cc2cc(-c3cc(Cl)ccc3-n3cnnn3)cc(=O)n2[C@@H]1c1ncc(-c2ccc(NC(=O)OC(C)(C)C)nc2F)[nH]1. The van der Waals surface area contributed by atoms with Crippen molar-refractivity contribution >= 4 is 23.5 Å². The molecule has 2 N–H and O–H groups in total.